The summed E-state index contributed by atoms with van der Waals surface area (Å²) in [6, 6.07) is 13.2. The van der Waals surface area contributed by atoms with Crippen molar-refractivity contribution in [3.8, 4) is 17.1 Å². The maximum Gasteiger partial charge on any atom is 0.415 e. The molecule has 0 fully saturated rings. The van der Waals surface area contributed by atoms with E-state index in [1.807, 2.05) is 6.92 Å². The van der Waals surface area contributed by atoms with Crippen LogP contribution in [0.5, 0.6) is 5.75 Å². The van der Waals surface area contributed by atoms with Crippen molar-refractivity contribution in [2.24, 2.45) is 17.6 Å². The molecule has 2 aliphatic rings. The largest absolute Gasteiger partial charge is 0.458 e. The molecule has 78 heavy (non-hydrogen) atoms. The highest BCUT2D eigenvalue weighted by atomic mass is 16.6. The predicted molar refractivity (Wildman–Crippen MR) is 285 cm³/mol. The number of fused-ring (bicyclic) bond motifs is 5. The molecule has 2 aromatic carbocycles. The molecule has 5 heterocycles. The number of rotatable bonds is 21. The first-order valence-electron chi connectivity index (χ1n) is 25.8. The van der Waals surface area contributed by atoms with Crippen LogP contribution in [-0.2, 0) is 55.6 Å². The van der Waals surface area contributed by atoms with E-state index in [2.05, 4.69) is 26.3 Å². The first-order chi connectivity index (χ1) is 37.0. The van der Waals surface area contributed by atoms with Gasteiger partial charge in [-0.1, -0.05) is 53.7 Å². The number of ketones is 1. The molecule has 0 bridgehead atoms. The van der Waals surface area contributed by atoms with E-state index in [1.54, 1.807) is 87.7 Å². The van der Waals surface area contributed by atoms with Gasteiger partial charge >= 0.3 is 24.2 Å². The number of likely N-dealkylation sites (N-methyl/N-ethyl adjacent to an activating group) is 2. The van der Waals surface area contributed by atoms with E-state index in [0.29, 0.717) is 34.6 Å². The molecular formula is C55H66N10O13. The Labute approximate surface area is 449 Å². The first kappa shape index (κ1) is 57.1. The lowest BCUT2D eigenvalue weighted by Gasteiger charge is -2.31. The van der Waals surface area contributed by atoms with E-state index < -0.39 is 65.5 Å². The van der Waals surface area contributed by atoms with Crippen LogP contribution in [0.3, 0.4) is 0 Å². The second-order valence-electron chi connectivity index (χ2n) is 20.0. The highest BCUT2D eigenvalue weighted by Gasteiger charge is 2.45. The molecule has 0 unspecified atom stereocenters. The highest BCUT2D eigenvalue weighted by molar-refractivity contribution is 6.02. The number of cyclic esters (lactones) is 1. The highest BCUT2D eigenvalue weighted by Crippen LogP contribution is 2.41. The van der Waals surface area contributed by atoms with Crippen molar-refractivity contribution in [2.75, 3.05) is 39.0 Å². The number of aromatic nitrogens is 3. The average molecular weight is 1080 g/mol. The Balaban J connectivity index is 0.906. The number of anilines is 1. The Morgan fingerprint density at radius 2 is 1.58 bits per heavy atom. The molecule has 7 amide bonds. The number of Topliss-reactive ketones (excluding diaryl/α,β-unsaturated/α-hetero) is 1. The van der Waals surface area contributed by atoms with Crippen LogP contribution in [-0.4, -0.2) is 123 Å². The van der Waals surface area contributed by atoms with Crippen LogP contribution in [0.15, 0.2) is 65.5 Å². The number of hydrogen-bond donors (Lipinski definition) is 7. The minimum absolute atomic E-state index is 0.0258. The number of carbonyl (C=O) groups is 8. The predicted octanol–water partition coefficient (Wildman–Crippen LogP) is 4.83. The topological polar surface area (TPSA) is 316 Å². The van der Waals surface area contributed by atoms with Gasteiger partial charge in [-0.3, -0.25) is 24.0 Å². The number of primary amides is 1. The summed E-state index contributed by atoms with van der Waals surface area (Å²) in [6.07, 6.45) is -0.396. The molecule has 0 saturated carbocycles. The maximum atomic E-state index is 13.7. The van der Waals surface area contributed by atoms with Crippen LogP contribution in [0.25, 0.3) is 22.3 Å². The summed E-state index contributed by atoms with van der Waals surface area (Å²) >= 11 is 0. The summed E-state index contributed by atoms with van der Waals surface area (Å²) in [5, 5.41) is 22.6. The summed E-state index contributed by atoms with van der Waals surface area (Å²) in [7, 11) is 3.05. The van der Waals surface area contributed by atoms with E-state index in [9.17, 15) is 48.3 Å². The van der Waals surface area contributed by atoms with E-state index in [0.717, 1.165) is 16.5 Å². The van der Waals surface area contributed by atoms with Gasteiger partial charge in [0.1, 0.15) is 36.7 Å². The first-order valence-corrected chi connectivity index (χ1v) is 25.8. The second-order valence-corrected chi connectivity index (χ2v) is 20.0. The van der Waals surface area contributed by atoms with Crippen molar-refractivity contribution in [1.82, 2.24) is 40.3 Å². The number of esters is 1. The molecule has 0 spiro atoms. The van der Waals surface area contributed by atoms with Gasteiger partial charge in [-0.25, -0.2) is 24.2 Å². The summed E-state index contributed by atoms with van der Waals surface area (Å²) in [4.78, 5) is 127. The normalized spacial score (nSPS) is 15.0. The number of aromatic amines is 1. The van der Waals surface area contributed by atoms with Crippen LogP contribution in [0, 0.1) is 11.8 Å². The minimum Gasteiger partial charge on any atom is -0.458 e. The average Bonchev–Trinajstić information content (AvgIpc) is 4.06. The zero-order valence-electron chi connectivity index (χ0n) is 44.9. The monoisotopic (exact) mass is 1070 g/mol. The number of nitrogens with zero attached hydrogens (tertiary/aromatic N) is 4. The number of carbonyl (C=O) groups excluding carboxylic acids is 8. The fraction of sp³-hybridized carbons (Fsp3) is 0.418. The summed E-state index contributed by atoms with van der Waals surface area (Å²) in [5.74, 6) is -3.25. The van der Waals surface area contributed by atoms with E-state index in [1.165, 1.54) is 36.0 Å². The quantitative estimate of drug-likeness (QED) is 0.0289. The van der Waals surface area contributed by atoms with Gasteiger partial charge in [0.05, 0.1) is 34.7 Å². The Morgan fingerprint density at radius 1 is 0.885 bits per heavy atom. The molecule has 8 N–H and O–H groups in total. The summed E-state index contributed by atoms with van der Waals surface area (Å²) in [6.45, 7) is 10.7. The van der Waals surface area contributed by atoms with Crippen LogP contribution < -0.4 is 37.3 Å². The zero-order chi connectivity index (χ0) is 56.7. The minimum atomic E-state index is -1.95. The number of nitrogens with two attached hydrogens (primary N) is 1. The number of nitrogens with one attached hydrogen (secondary N) is 5. The zero-order valence-corrected chi connectivity index (χ0v) is 44.9. The maximum absolute atomic E-state index is 13.7. The molecule has 23 heteroatoms. The van der Waals surface area contributed by atoms with Gasteiger partial charge in [-0.15, -0.1) is 0 Å². The fourth-order valence-electron chi connectivity index (χ4n) is 9.22. The number of urea groups is 1. The third kappa shape index (κ3) is 12.5. The van der Waals surface area contributed by atoms with Gasteiger partial charge in [-0.2, -0.15) is 0 Å². The Hall–Kier alpha value is -8.60. The Morgan fingerprint density at radius 3 is 2.23 bits per heavy atom. The molecule has 23 nitrogen and oxygen atoms in total. The van der Waals surface area contributed by atoms with E-state index in [-0.39, 0.29) is 104 Å². The van der Waals surface area contributed by atoms with Crippen molar-refractivity contribution < 1.29 is 57.7 Å². The smallest absolute Gasteiger partial charge is 0.415 e. The van der Waals surface area contributed by atoms with Crippen LogP contribution >= 0.6 is 0 Å². The van der Waals surface area contributed by atoms with Crippen molar-refractivity contribution in [2.45, 2.75) is 105 Å². The molecule has 7 rings (SSSR count). The Bertz CT molecular complexity index is 3220. The summed E-state index contributed by atoms with van der Waals surface area (Å²) < 4.78 is 18.0. The van der Waals surface area contributed by atoms with Crippen molar-refractivity contribution in [1.29, 1.82) is 0 Å². The van der Waals surface area contributed by atoms with Gasteiger partial charge in [0.15, 0.2) is 11.4 Å². The molecular weight excluding hydrogens is 1010 g/mol. The van der Waals surface area contributed by atoms with E-state index in [4.69, 9.17) is 24.9 Å². The molecule has 3 atom stereocenters. The van der Waals surface area contributed by atoms with Gasteiger partial charge in [-0.05, 0) is 91.3 Å². The standard InChI is InChI=1S/C55H66N10O13/c1-9-34-35-24-33(17-18-39(35)60-45-36(34)26-65-43(45)25-38-37(50(65)70)28-76-51(71)55(38,75)10-2)78-54(74)64(8)23-22-63(7)53(73)77-27-31-13-15-32(16-14-31)58-47(67)41(12-11-21-57-52(56)72)61-49(69)44(29(3)4)62-48(68)42-20-19-40(59-42)46(66)30(5)6/h13-20,24-25,29-30,41,44,59,75H,9-12,21-23,26-28H2,1-8H3,(H,58,67)(H,61,69)(H,62,68)(H3,56,57,72)/t41-,44-,55-/m0/s1. The number of ether oxygens (including phenoxy) is 3. The lowest BCUT2D eigenvalue weighted by atomic mass is 9.86. The second kappa shape index (κ2) is 24.2. The number of amides is 7. The third-order valence-electron chi connectivity index (χ3n) is 13.9. The number of hydrogen-bond acceptors (Lipinski definition) is 14. The lowest BCUT2D eigenvalue weighted by molar-refractivity contribution is -0.172. The fourth-order valence-corrected chi connectivity index (χ4v) is 9.22. The number of H-pyrrole nitrogens is 1. The molecule has 0 radical (unpaired) electrons. The lowest BCUT2D eigenvalue weighted by Crippen LogP contribution is -2.54. The van der Waals surface area contributed by atoms with Crippen LogP contribution in [0.4, 0.5) is 20.1 Å². The number of aryl methyl sites for hydroxylation is 1. The summed E-state index contributed by atoms with van der Waals surface area (Å²) in [5.41, 5.74) is 8.00. The van der Waals surface area contributed by atoms with Crippen molar-refractivity contribution >= 4 is 64.3 Å². The number of aliphatic hydroxyl groups is 1. The van der Waals surface area contributed by atoms with Gasteiger partial charge in [0, 0.05) is 61.8 Å². The van der Waals surface area contributed by atoms with Gasteiger partial charge < -0.3 is 65.7 Å². The number of benzene rings is 2. The van der Waals surface area contributed by atoms with Gasteiger partial charge in [0.25, 0.3) is 11.5 Å². The molecule has 2 aliphatic heterocycles. The van der Waals surface area contributed by atoms with Crippen molar-refractivity contribution in [3.05, 3.63) is 110 Å². The third-order valence-corrected chi connectivity index (χ3v) is 13.9. The molecule has 5 aromatic rings. The molecule has 0 aliphatic carbocycles. The van der Waals surface area contributed by atoms with Crippen LogP contribution in [0.1, 0.15) is 110 Å². The van der Waals surface area contributed by atoms with Crippen molar-refractivity contribution in [3.63, 3.8) is 0 Å². The molecule has 0 saturated heterocycles. The number of pyridine rings is 2. The van der Waals surface area contributed by atoms with Gasteiger partial charge in [0.2, 0.25) is 11.8 Å². The Kier molecular flexibility index (Phi) is 17.7. The SMILES string of the molecule is CCc1c2c(nc3ccc(OC(=O)N(C)CCN(C)C(=O)OCc4ccc(NC(=O)[C@H](CCCNC(N)=O)NC(=O)[C@@H](NC(=O)c5ccc(C(=O)C(C)C)[nH]5)C(C)C)cc4)cc13)-c1cc3c(c(=O)n1C2)COC(=O)[C@]3(O)CC. The van der Waals surface area contributed by atoms with E-state index >= 15 is 0 Å². The molecule has 414 valence electrons. The van der Waals surface area contributed by atoms with Crippen LogP contribution in [0.2, 0.25) is 0 Å². The molecule has 3 aromatic heterocycles.